The second kappa shape index (κ2) is 7.46. The van der Waals surface area contributed by atoms with Crippen molar-refractivity contribution in [2.24, 2.45) is 0 Å². The van der Waals surface area contributed by atoms with Crippen LogP contribution in [0, 0.1) is 23.0 Å². The average Bonchev–Trinajstić information content (AvgIpc) is 2.47. The van der Waals surface area contributed by atoms with E-state index in [2.05, 4.69) is 22.2 Å². The summed E-state index contributed by atoms with van der Waals surface area (Å²) in [6, 6.07) is 3.88. The summed E-state index contributed by atoms with van der Waals surface area (Å²) >= 11 is 0. The minimum atomic E-state index is -0.668. The van der Waals surface area contributed by atoms with Crippen molar-refractivity contribution in [3.8, 4) is 6.07 Å². The Morgan fingerprint density at radius 2 is 1.81 bits per heavy atom. The van der Waals surface area contributed by atoms with Crippen molar-refractivity contribution in [1.29, 1.82) is 5.26 Å². The lowest BCUT2D eigenvalue weighted by Gasteiger charge is -2.32. The van der Waals surface area contributed by atoms with Crippen LogP contribution < -0.4 is 5.32 Å². The number of nitrogens with zero attached hydrogens (tertiary/aromatic N) is 3. The molecule has 1 aromatic rings. The molecule has 21 heavy (non-hydrogen) atoms. The number of hydrogen-bond donors (Lipinski definition) is 1. The molecule has 0 aromatic heterocycles. The molecule has 1 fully saturated rings. The van der Waals surface area contributed by atoms with Gasteiger partial charge in [0.1, 0.15) is 11.6 Å². The number of likely N-dealkylation sites (N-methyl/N-ethyl adjacent to an activating group) is 1. The van der Waals surface area contributed by atoms with E-state index >= 15 is 0 Å². The van der Waals surface area contributed by atoms with Crippen molar-refractivity contribution in [2.75, 3.05) is 46.3 Å². The molecule has 1 aliphatic heterocycles. The Balaban J connectivity index is 1.78. The van der Waals surface area contributed by atoms with Crippen molar-refractivity contribution < 1.29 is 8.78 Å². The first-order valence-corrected chi connectivity index (χ1v) is 7.10. The Labute approximate surface area is 124 Å². The number of halogens is 2. The van der Waals surface area contributed by atoms with Crippen molar-refractivity contribution in [2.45, 2.75) is 6.54 Å². The summed E-state index contributed by atoms with van der Waals surface area (Å²) in [6.45, 7) is 5.85. The van der Waals surface area contributed by atoms with Crippen LogP contribution in [0.5, 0.6) is 0 Å². The van der Waals surface area contributed by atoms with Gasteiger partial charge >= 0.3 is 0 Å². The highest BCUT2D eigenvalue weighted by molar-refractivity contribution is 5.34. The van der Waals surface area contributed by atoms with Gasteiger partial charge in [0.05, 0.1) is 11.6 Å². The quantitative estimate of drug-likeness (QED) is 0.828. The number of hydrogen-bond acceptors (Lipinski definition) is 4. The standard InChI is InChI=1S/C15H20F2N4/c1-20-4-6-21(7-5-20)3-2-19-11-13-14(16)8-12(10-18)9-15(13)17/h8-9,19H,2-7,11H2,1H3. The van der Waals surface area contributed by atoms with Crippen molar-refractivity contribution in [1.82, 2.24) is 15.1 Å². The molecular formula is C15H20F2N4. The summed E-state index contributed by atoms with van der Waals surface area (Å²) in [7, 11) is 2.10. The van der Waals surface area contributed by atoms with Gasteiger partial charge in [-0.2, -0.15) is 5.26 Å². The van der Waals surface area contributed by atoms with E-state index in [1.54, 1.807) is 6.07 Å². The van der Waals surface area contributed by atoms with E-state index in [0.29, 0.717) is 6.54 Å². The van der Waals surface area contributed by atoms with Crippen LogP contribution in [0.25, 0.3) is 0 Å². The maximum absolute atomic E-state index is 13.7. The molecule has 114 valence electrons. The lowest BCUT2D eigenvalue weighted by atomic mass is 10.1. The Morgan fingerprint density at radius 3 is 2.38 bits per heavy atom. The summed E-state index contributed by atoms with van der Waals surface area (Å²) in [5.74, 6) is -1.34. The van der Waals surface area contributed by atoms with Gasteiger partial charge in [0, 0.05) is 51.4 Å². The lowest BCUT2D eigenvalue weighted by molar-refractivity contribution is 0.154. The van der Waals surface area contributed by atoms with Gasteiger partial charge in [-0.1, -0.05) is 0 Å². The molecule has 0 atom stereocenters. The highest BCUT2D eigenvalue weighted by Gasteiger charge is 2.14. The van der Waals surface area contributed by atoms with E-state index in [1.807, 2.05) is 0 Å². The van der Waals surface area contributed by atoms with E-state index in [4.69, 9.17) is 5.26 Å². The van der Waals surface area contributed by atoms with Gasteiger partial charge < -0.3 is 10.2 Å². The zero-order valence-electron chi connectivity index (χ0n) is 12.2. The number of rotatable bonds is 5. The number of piperazine rings is 1. The summed E-state index contributed by atoms with van der Waals surface area (Å²) in [5, 5.41) is 11.7. The van der Waals surface area contributed by atoms with E-state index < -0.39 is 11.6 Å². The van der Waals surface area contributed by atoms with Gasteiger partial charge in [-0.25, -0.2) is 8.78 Å². The number of benzene rings is 1. The van der Waals surface area contributed by atoms with Crippen LogP contribution in [0.3, 0.4) is 0 Å². The molecule has 1 aliphatic rings. The number of nitriles is 1. The molecule has 2 rings (SSSR count). The fourth-order valence-corrected chi connectivity index (χ4v) is 2.36. The highest BCUT2D eigenvalue weighted by Crippen LogP contribution is 2.14. The summed E-state index contributed by atoms with van der Waals surface area (Å²) in [5.41, 5.74) is -0.00133. The Bertz CT molecular complexity index is 496. The minimum Gasteiger partial charge on any atom is -0.311 e. The largest absolute Gasteiger partial charge is 0.311 e. The third-order valence-electron chi connectivity index (χ3n) is 3.77. The second-order valence-corrected chi connectivity index (χ2v) is 5.35. The molecule has 0 radical (unpaired) electrons. The molecule has 0 saturated carbocycles. The highest BCUT2D eigenvalue weighted by atomic mass is 19.1. The van der Waals surface area contributed by atoms with E-state index in [-0.39, 0.29) is 17.7 Å². The Hall–Kier alpha value is -1.55. The van der Waals surface area contributed by atoms with Crippen LogP contribution in [0.1, 0.15) is 11.1 Å². The SMILES string of the molecule is CN1CCN(CCNCc2c(F)cc(C#N)cc2F)CC1. The fourth-order valence-electron chi connectivity index (χ4n) is 2.36. The average molecular weight is 294 g/mol. The van der Waals surface area contributed by atoms with Crippen LogP contribution in [0.2, 0.25) is 0 Å². The van der Waals surface area contributed by atoms with E-state index in [1.165, 1.54) is 0 Å². The smallest absolute Gasteiger partial charge is 0.131 e. The maximum atomic E-state index is 13.7. The first-order valence-electron chi connectivity index (χ1n) is 7.10. The third kappa shape index (κ3) is 4.46. The molecule has 1 N–H and O–H groups in total. The molecular weight excluding hydrogens is 274 g/mol. The zero-order valence-corrected chi connectivity index (χ0v) is 12.2. The minimum absolute atomic E-state index is 0.00573. The summed E-state index contributed by atoms with van der Waals surface area (Å²) in [6.07, 6.45) is 0. The second-order valence-electron chi connectivity index (χ2n) is 5.35. The third-order valence-corrected chi connectivity index (χ3v) is 3.77. The topological polar surface area (TPSA) is 42.3 Å². The van der Waals surface area contributed by atoms with Gasteiger partial charge in [-0.3, -0.25) is 4.90 Å². The number of nitrogens with one attached hydrogen (secondary N) is 1. The van der Waals surface area contributed by atoms with Crippen molar-refractivity contribution in [3.63, 3.8) is 0 Å². The normalized spacial score (nSPS) is 16.9. The van der Waals surface area contributed by atoms with Gasteiger partial charge in [0.25, 0.3) is 0 Å². The first-order chi connectivity index (χ1) is 10.1. The molecule has 1 heterocycles. The molecule has 1 saturated heterocycles. The van der Waals surface area contributed by atoms with Crippen LogP contribution in [0.15, 0.2) is 12.1 Å². The monoisotopic (exact) mass is 294 g/mol. The van der Waals surface area contributed by atoms with Gasteiger partial charge in [-0.05, 0) is 19.2 Å². The van der Waals surface area contributed by atoms with Gasteiger partial charge in [0.2, 0.25) is 0 Å². The predicted molar refractivity (Wildman–Crippen MR) is 76.7 cm³/mol. The van der Waals surface area contributed by atoms with Crippen molar-refractivity contribution >= 4 is 0 Å². The molecule has 0 bridgehead atoms. The Kier molecular flexibility index (Phi) is 5.62. The predicted octanol–water partition coefficient (Wildman–Crippen LogP) is 1.17. The molecule has 1 aromatic carbocycles. The van der Waals surface area contributed by atoms with Crippen LogP contribution in [-0.4, -0.2) is 56.1 Å². The van der Waals surface area contributed by atoms with Crippen LogP contribution >= 0.6 is 0 Å². The first kappa shape index (κ1) is 15.8. The summed E-state index contributed by atoms with van der Waals surface area (Å²) < 4.78 is 27.4. The van der Waals surface area contributed by atoms with Gasteiger partial charge in [0.15, 0.2) is 0 Å². The molecule has 4 nitrogen and oxygen atoms in total. The lowest BCUT2D eigenvalue weighted by Crippen LogP contribution is -2.46. The van der Waals surface area contributed by atoms with E-state index in [9.17, 15) is 8.78 Å². The Morgan fingerprint density at radius 1 is 1.19 bits per heavy atom. The van der Waals surface area contributed by atoms with Crippen LogP contribution in [-0.2, 0) is 6.54 Å². The molecule has 0 amide bonds. The molecule has 0 aliphatic carbocycles. The maximum Gasteiger partial charge on any atom is 0.131 e. The van der Waals surface area contributed by atoms with Gasteiger partial charge in [-0.15, -0.1) is 0 Å². The van der Waals surface area contributed by atoms with Crippen LogP contribution in [0.4, 0.5) is 8.78 Å². The van der Waals surface area contributed by atoms with E-state index in [0.717, 1.165) is 44.9 Å². The molecule has 0 spiro atoms. The van der Waals surface area contributed by atoms with Crippen molar-refractivity contribution in [3.05, 3.63) is 34.9 Å². The fraction of sp³-hybridized carbons (Fsp3) is 0.533. The summed E-state index contributed by atoms with van der Waals surface area (Å²) in [4.78, 5) is 4.62. The zero-order chi connectivity index (χ0) is 15.2. The molecule has 0 unspecified atom stereocenters. The molecule has 6 heteroatoms.